The first-order chi connectivity index (χ1) is 14.6. The molecule has 0 radical (unpaired) electrons. The van der Waals surface area contributed by atoms with Gasteiger partial charge in [0.05, 0.1) is 23.9 Å². The van der Waals surface area contributed by atoms with Crippen LogP contribution in [-0.4, -0.2) is 18.1 Å². The lowest BCUT2D eigenvalue weighted by Crippen LogP contribution is -2.25. The third-order valence-electron chi connectivity index (χ3n) is 5.49. The molecular formula is C25H28F3NO3. The number of benzene rings is 2. The Labute approximate surface area is 186 Å². The van der Waals surface area contributed by atoms with Crippen LogP contribution < -0.4 is 5.06 Å². The first-order valence-electron chi connectivity index (χ1n) is 10.3. The highest BCUT2D eigenvalue weighted by Crippen LogP contribution is 2.44. The van der Waals surface area contributed by atoms with Crippen LogP contribution in [0.5, 0.6) is 5.75 Å². The van der Waals surface area contributed by atoms with E-state index < -0.39 is 17.6 Å². The summed E-state index contributed by atoms with van der Waals surface area (Å²) in [6, 6.07) is 6.78. The summed E-state index contributed by atoms with van der Waals surface area (Å²) in [7, 11) is 1.24. The number of amides is 1. The molecule has 0 aliphatic carbocycles. The van der Waals surface area contributed by atoms with E-state index in [0.29, 0.717) is 11.1 Å². The largest absolute Gasteiger partial charge is 0.507 e. The molecule has 0 saturated carbocycles. The normalized spacial score (nSPS) is 16.1. The van der Waals surface area contributed by atoms with Crippen molar-refractivity contribution in [3.8, 4) is 5.75 Å². The van der Waals surface area contributed by atoms with Gasteiger partial charge in [-0.1, -0.05) is 47.6 Å². The number of nitrogens with zero attached hydrogens (tertiary/aromatic N) is 1. The molecule has 1 amide bonds. The summed E-state index contributed by atoms with van der Waals surface area (Å²) in [4.78, 5) is 18.1. The van der Waals surface area contributed by atoms with Crippen LogP contribution in [0.15, 0.2) is 30.3 Å². The average molecular weight is 447 g/mol. The maximum atomic E-state index is 13.2. The van der Waals surface area contributed by atoms with E-state index in [1.165, 1.54) is 13.2 Å². The minimum atomic E-state index is -4.54. The van der Waals surface area contributed by atoms with Crippen LogP contribution in [0, 0.1) is 0 Å². The highest BCUT2D eigenvalue weighted by atomic mass is 19.4. The van der Waals surface area contributed by atoms with Crippen molar-refractivity contribution in [1.29, 1.82) is 0 Å². The second-order valence-corrected chi connectivity index (χ2v) is 10.0. The van der Waals surface area contributed by atoms with Gasteiger partial charge in [0.15, 0.2) is 0 Å². The van der Waals surface area contributed by atoms with Crippen molar-refractivity contribution >= 4 is 23.2 Å². The van der Waals surface area contributed by atoms with Gasteiger partial charge in [-0.2, -0.15) is 18.2 Å². The van der Waals surface area contributed by atoms with Crippen molar-refractivity contribution in [3.63, 3.8) is 0 Å². The van der Waals surface area contributed by atoms with Crippen molar-refractivity contribution in [2.45, 2.75) is 58.5 Å². The van der Waals surface area contributed by atoms with E-state index in [1.807, 2.05) is 53.7 Å². The summed E-state index contributed by atoms with van der Waals surface area (Å²) in [6.07, 6.45) is -2.90. The Bertz CT molecular complexity index is 1070. The van der Waals surface area contributed by atoms with Gasteiger partial charge in [0.25, 0.3) is 5.91 Å². The number of rotatable bonds is 2. The van der Waals surface area contributed by atoms with Crippen LogP contribution in [0.2, 0.25) is 0 Å². The first-order valence-corrected chi connectivity index (χ1v) is 10.3. The molecule has 0 fully saturated rings. The number of phenols is 1. The molecule has 2 aromatic rings. The van der Waals surface area contributed by atoms with Gasteiger partial charge in [-0.05, 0) is 46.7 Å². The van der Waals surface area contributed by atoms with E-state index in [9.17, 15) is 23.1 Å². The molecule has 2 aromatic carbocycles. The molecule has 1 aliphatic heterocycles. The second kappa shape index (κ2) is 7.66. The molecule has 4 nitrogen and oxygen atoms in total. The number of halogens is 3. The Hall–Kier alpha value is -2.80. The summed E-state index contributed by atoms with van der Waals surface area (Å²) in [5.41, 5.74) is 1.15. The summed E-state index contributed by atoms with van der Waals surface area (Å²) >= 11 is 0. The number of alkyl halides is 3. The van der Waals surface area contributed by atoms with E-state index in [0.717, 1.165) is 28.3 Å². The van der Waals surface area contributed by atoms with Crippen LogP contribution in [0.3, 0.4) is 0 Å². The van der Waals surface area contributed by atoms with Gasteiger partial charge in [0, 0.05) is 16.7 Å². The zero-order chi connectivity index (χ0) is 24.2. The van der Waals surface area contributed by atoms with E-state index in [4.69, 9.17) is 4.84 Å². The summed E-state index contributed by atoms with van der Waals surface area (Å²) < 4.78 is 39.6. The summed E-state index contributed by atoms with van der Waals surface area (Å²) in [6.45, 7) is 11.9. The highest BCUT2D eigenvalue weighted by molar-refractivity contribution is 6.35. The molecule has 172 valence electrons. The molecule has 7 heteroatoms. The predicted molar refractivity (Wildman–Crippen MR) is 119 cm³/mol. The van der Waals surface area contributed by atoms with E-state index in [2.05, 4.69) is 0 Å². The van der Waals surface area contributed by atoms with Crippen molar-refractivity contribution in [2.75, 3.05) is 12.2 Å². The lowest BCUT2D eigenvalue weighted by Gasteiger charge is -2.28. The first kappa shape index (κ1) is 23.9. The van der Waals surface area contributed by atoms with Crippen molar-refractivity contribution in [3.05, 3.63) is 58.1 Å². The smallest absolute Gasteiger partial charge is 0.416 e. The third kappa shape index (κ3) is 4.26. The number of anilines is 1. The van der Waals surface area contributed by atoms with Crippen LogP contribution >= 0.6 is 0 Å². The van der Waals surface area contributed by atoms with Crippen LogP contribution in [0.4, 0.5) is 18.9 Å². The standard InChI is InChI=1S/C25H28F3NO3/c1-23(2,3)18-11-14(12-19(21(18)30)24(4,5)6)10-17-16-9-8-15(25(26,27)28)13-20(16)29(32-7)22(17)31/h8-13,30H,1-7H3. The monoisotopic (exact) mass is 447 g/mol. The zero-order valence-electron chi connectivity index (χ0n) is 19.3. The Morgan fingerprint density at radius 2 is 1.47 bits per heavy atom. The van der Waals surface area contributed by atoms with Gasteiger partial charge in [-0.25, -0.2) is 0 Å². The lowest BCUT2D eigenvalue weighted by atomic mass is 9.78. The van der Waals surface area contributed by atoms with Crippen molar-refractivity contribution < 1.29 is 27.9 Å². The fourth-order valence-corrected chi connectivity index (χ4v) is 3.81. The number of carbonyl (C=O) groups is 1. The summed E-state index contributed by atoms with van der Waals surface area (Å²) in [5, 5.41) is 11.8. The number of carbonyl (C=O) groups excluding carboxylic acids is 1. The molecule has 0 spiro atoms. The number of phenolic OH excluding ortho intramolecular Hbond substituents is 1. The van der Waals surface area contributed by atoms with Crippen LogP contribution in [0.25, 0.3) is 11.6 Å². The van der Waals surface area contributed by atoms with Crippen molar-refractivity contribution in [1.82, 2.24) is 0 Å². The van der Waals surface area contributed by atoms with Crippen molar-refractivity contribution in [2.24, 2.45) is 0 Å². The molecule has 0 saturated heterocycles. The lowest BCUT2D eigenvalue weighted by molar-refractivity contribution is -0.137. The molecule has 0 aromatic heterocycles. The molecule has 1 N–H and O–H groups in total. The number of hydrogen-bond acceptors (Lipinski definition) is 3. The van der Waals surface area contributed by atoms with Gasteiger partial charge in [0.2, 0.25) is 0 Å². The number of hydroxylamine groups is 1. The van der Waals surface area contributed by atoms with Gasteiger partial charge >= 0.3 is 6.18 Å². The SMILES string of the molecule is CON1C(=O)C(=Cc2cc(C(C)(C)C)c(O)c(C(C)(C)C)c2)c2ccc(C(F)(F)F)cc21. The van der Waals surface area contributed by atoms with Gasteiger partial charge in [-0.15, -0.1) is 0 Å². The third-order valence-corrected chi connectivity index (χ3v) is 5.49. The maximum absolute atomic E-state index is 13.2. The Morgan fingerprint density at radius 1 is 0.938 bits per heavy atom. The zero-order valence-corrected chi connectivity index (χ0v) is 19.3. The number of hydrogen-bond donors (Lipinski definition) is 1. The van der Waals surface area contributed by atoms with E-state index in [-0.39, 0.29) is 27.8 Å². The topological polar surface area (TPSA) is 49.8 Å². The second-order valence-electron chi connectivity index (χ2n) is 10.0. The molecule has 1 aliphatic rings. The van der Waals surface area contributed by atoms with Gasteiger partial charge in [0.1, 0.15) is 5.75 Å². The summed E-state index contributed by atoms with van der Waals surface area (Å²) in [5.74, 6) is -0.344. The highest BCUT2D eigenvalue weighted by Gasteiger charge is 2.38. The minimum absolute atomic E-state index is 0.0458. The minimum Gasteiger partial charge on any atom is -0.507 e. The average Bonchev–Trinajstić information content (AvgIpc) is 2.90. The van der Waals surface area contributed by atoms with Crippen LogP contribution in [-0.2, 0) is 26.6 Å². The molecule has 3 rings (SSSR count). The molecule has 0 unspecified atom stereocenters. The van der Waals surface area contributed by atoms with Gasteiger partial charge < -0.3 is 5.11 Å². The predicted octanol–water partition coefficient (Wildman–Crippen LogP) is 6.45. The fraction of sp³-hybridized carbons (Fsp3) is 0.400. The van der Waals surface area contributed by atoms with Crippen LogP contribution in [0.1, 0.15) is 69.4 Å². The van der Waals surface area contributed by atoms with E-state index >= 15 is 0 Å². The Kier molecular flexibility index (Phi) is 5.71. The number of aromatic hydroxyl groups is 1. The van der Waals surface area contributed by atoms with E-state index in [1.54, 1.807) is 6.08 Å². The molecule has 32 heavy (non-hydrogen) atoms. The molecule has 0 bridgehead atoms. The Balaban J connectivity index is 2.24. The quantitative estimate of drug-likeness (QED) is 0.538. The van der Waals surface area contributed by atoms with Gasteiger partial charge in [-0.3, -0.25) is 9.63 Å². The molecular weight excluding hydrogens is 419 g/mol. The fourth-order valence-electron chi connectivity index (χ4n) is 3.81. The maximum Gasteiger partial charge on any atom is 0.416 e. The molecule has 0 atom stereocenters. The Morgan fingerprint density at radius 3 is 1.91 bits per heavy atom. The molecule has 1 heterocycles. The number of fused-ring (bicyclic) bond motifs is 1.